The molecule has 0 atom stereocenters. The minimum atomic E-state index is 0.730. The van der Waals surface area contributed by atoms with Gasteiger partial charge in [0.05, 0.1) is 16.6 Å². The molecule has 158 valence electrons. The van der Waals surface area contributed by atoms with Crippen molar-refractivity contribution in [1.82, 2.24) is 23.9 Å². The van der Waals surface area contributed by atoms with Gasteiger partial charge in [0.25, 0.3) is 0 Å². The van der Waals surface area contributed by atoms with Crippen LogP contribution in [-0.2, 0) is 0 Å². The highest BCUT2D eigenvalue weighted by molar-refractivity contribution is 6.30. The number of nitrogens with zero attached hydrogens (tertiary/aromatic N) is 5. The summed E-state index contributed by atoms with van der Waals surface area (Å²) < 4.78 is 4.49. The number of rotatable bonds is 1. The molecule has 0 amide bonds. The van der Waals surface area contributed by atoms with Crippen LogP contribution in [0.2, 0.25) is 0 Å². The normalized spacial score (nSPS) is 12.1. The largest absolute Gasteiger partial charge is 0.309 e. The molecule has 0 fully saturated rings. The van der Waals surface area contributed by atoms with E-state index < -0.39 is 0 Å². The fourth-order valence-electron chi connectivity index (χ4n) is 5.46. The average Bonchev–Trinajstić information content (AvgIpc) is 3.45. The first-order chi connectivity index (χ1) is 16.9. The lowest BCUT2D eigenvalue weighted by Gasteiger charge is -2.11. The van der Waals surface area contributed by atoms with Crippen LogP contribution in [0.15, 0.2) is 103 Å². The summed E-state index contributed by atoms with van der Waals surface area (Å²) >= 11 is 0. The van der Waals surface area contributed by atoms with Crippen molar-refractivity contribution < 1.29 is 0 Å². The monoisotopic (exact) mass is 435 g/mol. The minimum Gasteiger partial charge on any atom is -0.309 e. The van der Waals surface area contributed by atoms with E-state index >= 15 is 0 Å². The number of hydrogen-bond acceptors (Lipinski definition) is 3. The number of hydrogen-bond donors (Lipinski definition) is 0. The van der Waals surface area contributed by atoms with Crippen LogP contribution in [0, 0.1) is 0 Å². The van der Waals surface area contributed by atoms with E-state index in [4.69, 9.17) is 9.97 Å². The molecule has 0 bridgehead atoms. The lowest BCUT2D eigenvalue weighted by atomic mass is 10.0. The van der Waals surface area contributed by atoms with Gasteiger partial charge in [-0.15, -0.1) is 0 Å². The van der Waals surface area contributed by atoms with Crippen molar-refractivity contribution in [1.29, 1.82) is 0 Å². The number of para-hydroxylation sites is 2. The van der Waals surface area contributed by atoms with E-state index in [1.54, 1.807) is 6.20 Å². The Morgan fingerprint density at radius 3 is 2.18 bits per heavy atom. The smallest absolute Gasteiger partial charge is 0.178 e. The van der Waals surface area contributed by atoms with Crippen LogP contribution in [0.1, 0.15) is 0 Å². The van der Waals surface area contributed by atoms with Crippen LogP contribution >= 0.6 is 0 Å². The van der Waals surface area contributed by atoms with E-state index in [0.717, 1.165) is 38.9 Å². The van der Waals surface area contributed by atoms with E-state index in [1.165, 1.54) is 27.2 Å². The topological polar surface area (TPSA) is 48.0 Å². The predicted molar refractivity (Wildman–Crippen MR) is 138 cm³/mol. The molecule has 0 spiro atoms. The molecule has 0 saturated carbocycles. The van der Waals surface area contributed by atoms with E-state index in [2.05, 4.69) is 92.8 Å². The zero-order chi connectivity index (χ0) is 22.2. The van der Waals surface area contributed by atoms with Crippen LogP contribution in [0.3, 0.4) is 0 Å². The third-order valence-electron chi connectivity index (χ3n) is 6.79. The molecule has 0 aliphatic rings. The summed E-state index contributed by atoms with van der Waals surface area (Å²) in [6, 6.07) is 31.8. The second kappa shape index (κ2) is 6.39. The van der Waals surface area contributed by atoms with Gasteiger partial charge in [0, 0.05) is 45.0 Å². The van der Waals surface area contributed by atoms with Gasteiger partial charge in [0.15, 0.2) is 5.65 Å². The van der Waals surface area contributed by atoms with Crippen LogP contribution in [0.5, 0.6) is 0 Å². The first-order valence-electron chi connectivity index (χ1n) is 11.3. The van der Waals surface area contributed by atoms with Gasteiger partial charge in [0.1, 0.15) is 11.3 Å². The van der Waals surface area contributed by atoms with Crippen molar-refractivity contribution in [3.05, 3.63) is 103 Å². The first kappa shape index (κ1) is 17.7. The number of aromatic nitrogens is 5. The number of imidazole rings is 1. The Kier molecular flexibility index (Phi) is 3.34. The number of fused-ring (bicyclic) bond motifs is 12. The highest BCUT2D eigenvalue weighted by atomic mass is 15.1. The van der Waals surface area contributed by atoms with Gasteiger partial charge in [0.2, 0.25) is 0 Å². The van der Waals surface area contributed by atoms with E-state index in [9.17, 15) is 0 Å². The second-order valence-corrected chi connectivity index (χ2v) is 8.56. The lowest BCUT2D eigenvalue weighted by Crippen LogP contribution is -1.95. The molecule has 0 radical (unpaired) electrons. The molecule has 5 nitrogen and oxygen atoms in total. The molecule has 5 aromatic heterocycles. The van der Waals surface area contributed by atoms with E-state index in [0.29, 0.717) is 0 Å². The standard InChI is InChI=1S/C29H17N5/c1-2-8-18(9-3-1)33-22-12-5-4-10-19(22)26-23(33)15-14-21-25(26)20-11-6-17-31-28(20)34-24-13-7-16-30-27(24)32-29(21)34/h1-17H. The summed E-state index contributed by atoms with van der Waals surface area (Å²) in [4.78, 5) is 14.3. The second-order valence-electron chi connectivity index (χ2n) is 8.56. The summed E-state index contributed by atoms with van der Waals surface area (Å²) in [5.74, 6) is 0. The van der Waals surface area contributed by atoms with Gasteiger partial charge in [-0.2, -0.15) is 0 Å². The minimum absolute atomic E-state index is 0.730. The summed E-state index contributed by atoms with van der Waals surface area (Å²) in [6.07, 6.45) is 3.64. The molecule has 5 heterocycles. The Hall–Kier alpha value is -4.77. The SMILES string of the molecule is c1ccc(-n2c3ccccc3c3c4c5cccnc5n5c6cccnc6nc5c4ccc32)cc1. The Morgan fingerprint density at radius 1 is 0.500 bits per heavy atom. The molecular weight excluding hydrogens is 418 g/mol. The maximum absolute atomic E-state index is 4.95. The lowest BCUT2D eigenvalue weighted by molar-refractivity contribution is 1.18. The molecule has 0 unspecified atom stereocenters. The van der Waals surface area contributed by atoms with Crippen molar-refractivity contribution >= 4 is 60.4 Å². The van der Waals surface area contributed by atoms with Crippen LogP contribution in [-0.4, -0.2) is 23.9 Å². The van der Waals surface area contributed by atoms with Crippen LogP contribution in [0.25, 0.3) is 66.1 Å². The third-order valence-corrected chi connectivity index (χ3v) is 6.79. The van der Waals surface area contributed by atoms with Crippen LogP contribution < -0.4 is 0 Å². The van der Waals surface area contributed by atoms with Gasteiger partial charge in [-0.05, 0) is 54.6 Å². The number of pyridine rings is 3. The quantitative estimate of drug-likeness (QED) is 0.270. The highest BCUT2D eigenvalue weighted by Gasteiger charge is 2.20. The van der Waals surface area contributed by atoms with Crippen LogP contribution in [0.4, 0.5) is 0 Å². The maximum atomic E-state index is 4.95. The first-order valence-corrected chi connectivity index (χ1v) is 11.3. The molecule has 0 N–H and O–H groups in total. The van der Waals surface area contributed by atoms with E-state index in [-0.39, 0.29) is 0 Å². The van der Waals surface area contributed by atoms with Crippen molar-refractivity contribution in [3.63, 3.8) is 0 Å². The number of benzene rings is 3. The van der Waals surface area contributed by atoms with Crippen molar-refractivity contribution in [2.45, 2.75) is 0 Å². The molecule has 8 rings (SSSR count). The van der Waals surface area contributed by atoms with Gasteiger partial charge < -0.3 is 4.57 Å². The fourth-order valence-corrected chi connectivity index (χ4v) is 5.46. The van der Waals surface area contributed by atoms with Gasteiger partial charge >= 0.3 is 0 Å². The van der Waals surface area contributed by atoms with Crippen molar-refractivity contribution in [2.24, 2.45) is 0 Å². The Morgan fingerprint density at radius 2 is 1.24 bits per heavy atom. The summed E-state index contributed by atoms with van der Waals surface area (Å²) in [5, 5.41) is 5.82. The van der Waals surface area contributed by atoms with Crippen molar-refractivity contribution in [3.8, 4) is 5.69 Å². The maximum Gasteiger partial charge on any atom is 0.178 e. The van der Waals surface area contributed by atoms with E-state index in [1.807, 2.05) is 18.3 Å². The summed E-state index contributed by atoms with van der Waals surface area (Å²) in [6.45, 7) is 0. The molecule has 3 aromatic carbocycles. The molecule has 0 saturated heterocycles. The fraction of sp³-hybridized carbons (Fsp3) is 0. The molecule has 5 heteroatoms. The Balaban J connectivity index is 1.70. The van der Waals surface area contributed by atoms with Crippen molar-refractivity contribution in [2.75, 3.05) is 0 Å². The Labute approximate surface area is 193 Å². The molecule has 0 aliphatic heterocycles. The summed E-state index contributed by atoms with van der Waals surface area (Å²) in [7, 11) is 0. The van der Waals surface area contributed by atoms with Gasteiger partial charge in [-0.1, -0.05) is 36.4 Å². The molecule has 0 aliphatic carbocycles. The highest BCUT2D eigenvalue weighted by Crippen LogP contribution is 2.41. The van der Waals surface area contributed by atoms with Gasteiger partial charge in [-0.3, -0.25) is 4.40 Å². The predicted octanol–water partition coefficient (Wildman–Crippen LogP) is 6.68. The zero-order valence-electron chi connectivity index (χ0n) is 18.1. The average molecular weight is 435 g/mol. The Bertz CT molecular complexity index is 2070. The molecular formula is C29H17N5. The third kappa shape index (κ3) is 2.16. The zero-order valence-corrected chi connectivity index (χ0v) is 18.1. The summed E-state index contributed by atoms with van der Waals surface area (Å²) in [5.41, 5.74) is 6.97. The molecule has 34 heavy (non-hydrogen) atoms. The molecule has 8 aromatic rings. The van der Waals surface area contributed by atoms with Gasteiger partial charge in [-0.25, -0.2) is 15.0 Å².